The van der Waals surface area contributed by atoms with Crippen molar-refractivity contribution in [3.05, 3.63) is 81.5 Å². The molecule has 0 aliphatic heterocycles. The van der Waals surface area contributed by atoms with Gasteiger partial charge in [-0.1, -0.05) is 69.8 Å². The Bertz CT molecular complexity index is 1480. The number of hydrogen-bond acceptors (Lipinski definition) is 6. The standard InChI is InChI=1S/C27H21Cl4N3O4/c1-14-9-17(10-15(2)25(14)37-16(3)35)13-34(27(36)26(30)31)18-7-8-32-21(11-18)23-12-22(33-38-23)24-19(28)5-4-6-20(24)29/h4-12,26H,13H2,1-3H3. The van der Waals surface area contributed by atoms with E-state index >= 15 is 0 Å². The fraction of sp³-hybridized carbons (Fsp3) is 0.185. The fourth-order valence-electron chi connectivity index (χ4n) is 4.01. The number of benzene rings is 2. The number of esters is 1. The van der Waals surface area contributed by atoms with Gasteiger partial charge in [0, 0.05) is 30.4 Å². The van der Waals surface area contributed by atoms with Crippen molar-refractivity contribution < 1.29 is 18.8 Å². The van der Waals surface area contributed by atoms with E-state index in [9.17, 15) is 9.59 Å². The monoisotopic (exact) mass is 591 g/mol. The minimum Gasteiger partial charge on any atom is -0.426 e. The number of amides is 1. The first-order valence-electron chi connectivity index (χ1n) is 11.3. The molecule has 0 aliphatic rings. The number of ether oxygens (including phenoxy) is 1. The number of carbonyl (C=O) groups is 2. The Balaban J connectivity index is 1.69. The topological polar surface area (TPSA) is 85.5 Å². The van der Waals surface area contributed by atoms with Gasteiger partial charge in [-0.15, -0.1) is 0 Å². The van der Waals surface area contributed by atoms with Gasteiger partial charge in [-0.2, -0.15) is 0 Å². The molecule has 0 aliphatic carbocycles. The lowest BCUT2D eigenvalue weighted by molar-refractivity contribution is -0.132. The van der Waals surface area contributed by atoms with Crippen molar-refractivity contribution in [1.82, 2.24) is 10.1 Å². The van der Waals surface area contributed by atoms with E-state index < -0.39 is 16.7 Å². The van der Waals surface area contributed by atoms with Crippen LogP contribution in [0, 0.1) is 13.8 Å². The third kappa shape index (κ3) is 6.13. The maximum Gasteiger partial charge on any atom is 0.308 e. The summed E-state index contributed by atoms with van der Waals surface area (Å²) in [5.74, 6) is -0.107. The number of carbonyl (C=O) groups excluding carboxylic acids is 2. The van der Waals surface area contributed by atoms with Crippen LogP contribution in [0.5, 0.6) is 5.75 Å². The summed E-state index contributed by atoms with van der Waals surface area (Å²) >= 11 is 24.6. The Labute approximate surface area is 239 Å². The van der Waals surface area contributed by atoms with Crippen molar-refractivity contribution in [2.24, 2.45) is 0 Å². The Morgan fingerprint density at radius 1 is 1.00 bits per heavy atom. The minimum atomic E-state index is -1.30. The minimum absolute atomic E-state index is 0.150. The van der Waals surface area contributed by atoms with E-state index in [-0.39, 0.29) is 6.54 Å². The highest BCUT2D eigenvalue weighted by Gasteiger charge is 2.24. The maximum absolute atomic E-state index is 13.0. The molecule has 38 heavy (non-hydrogen) atoms. The highest BCUT2D eigenvalue weighted by atomic mass is 35.5. The van der Waals surface area contributed by atoms with E-state index in [1.165, 1.54) is 18.0 Å². The van der Waals surface area contributed by atoms with E-state index in [4.69, 9.17) is 55.7 Å². The molecule has 0 unspecified atom stereocenters. The number of rotatable bonds is 7. The van der Waals surface area contributed by atoms with E-state index in [1.54, 1.807) is 36.4 Å². The Hall–Kier alpha value is -3.10. The molecule has 0 saturated heterocycles. The Morgan fingerprint density at radius 2 is 1.66 bits per heavy atom. The number of alkyl halides is 2. The van der Waals surface area contributed by atoms with Gasteiger partial charge in [-0.3, -0.25) is 14.6 Å². The van der Waals surface area contributed by atoms with Crippen molar-refractivity contribution in [2.75, 3.05) is 4.90 Å². The predicted octanol–water partition coefficient (Wildman–Crippen LogP) is 7.59. The van der Waals surface area contributed by atoms with Gasteiger partial charge in [-0.25, -0.2) is 0 Å². The highest BCUT2D eigenvalue weighted by Crippen LogP contribution is 2.36. The van der Waals surface area contributed by atoms with Gasteiger partial charge < -0.3 is 14.2 Å². The predicted molar refractivity (Wildman–Crippen MR) is 149 cm³/mol. The van der Waals surface area contributed by atoms with Gasteiger partial charge >= 0.3 is 5.97 Å². The van der Waals surface area contributed by atoms with Gasteiger partial charge in [0.25, 0.3) is 5.91 Å². The third-order valence-electron chi connectivity index (χ3n) is 5.60. The van der Waals surface area contributed by atoms with Crippen LogP contribution in [0.2, 0.25) is 10.0 Å². The molecule has 4 aromatic rings. The SMILES string of the molecule is CC(=O)Oc1c(C)cc(CN(C(=O)C(Cl)Cl)c2ccnc(-c3cc(-c4c(Cl)cccc4Cl)no3)c2)cc1C. The van der Waals surface area contributed by atoms with Gasteiger partial charge in [0.05, 0.1) is 16.6 Å². The molecule has 0 saturated carbocycles. The molecule has 0 radical (unpaired) electrons. The average Bonchev–Trinajstić information content (AvgIpc) is 3.34. The number of pyridine rings is 1. The quantitative estimate of drug-likeness (QED) is 0.125. The second kappa shape index (κ2) is 11.7. The summed E-state index contributed by atoms with van der Waals surface area (Å²) in [5, 5.41) is 4.95. The molecule has 0 fully saturated rings. The first-order valence-corrected chi connectivity index (χ1v) is 12.9. The number of aryl methyl sites for hydroxylation is 2. The molecule has 0 N–H and O–H groups in total. The van der Waals surface area contributed by atoms with E-state index in [1.807, 2.05) is 26.0 Å². The molecule has 7 nitrogen and oxygen atoms in total. The summed E-state index contributed by atoms with van der Waals surface area (Å²) in [4.78, 5) is 29.0. The normalized spacial score (nSPS) is 11.1. The lowest BCUT2D eigenvalue weighted by Gasteiger charge is -2.24. The zero-order valence-corrected chi connectivity index (χ0v) is 23.5. The summed E-state index contributed by atoms with van der Waals surface area (Å²) in [6.45, 7) is 5.14. The molecule has 2 heterocycles. The average molecular weight is 593 g/mol. The van der Waals surface area contributed by atoms with Crippen molar-refractivity contribution in [2.45, 2.75) is 32.2 Å². The lowest BCUT2D eigenvalue weighted by atomic mass is 10.0. The number of halogens is 4. The molecule has 0 spiro atoms. The van der Waals surface area contributed by atoms with E-state index in [0.29, 0.717) is 44.2 Å². The smallest absolute Gasteiger partial charge is 0.308 e. The summed E-state index contributed by atoms with van der Waals surface area (Å²) in [5.41, 5.74) is 4.16. The van der Waals surface area contributed by atoms with Crippen LogP contribution in [-0.4, -0.2) is 26.9 Å². The zero-order valence-electron chi connectivity index (χ0n) is 20.5. The second-order valence-electron chi connectivity index (χ2n) is 8.45. The first-order chi connectivity index (χ1) is 18.0. The summed E-state index contributed by atoms with van der Waals surface area (Å²) in [6, 6.07) is 13.8. The van der Waals surface area contributed by atoms with Gasteiger partial charge in [0.1, 0.15) is 17.1 Å². The van der Waals surface area contributed by atoms with Gasteiger partial charge in [-0.05, 0) is 54.8 Å². The van der Waals surface area contributed by atoms with Crippen LogP contribution in [0.25, 0.3) is 22.7 Å². The summed E-state index contributed by atoms with van der Waals surface area (Å²) < 4.78 is 10.8. The van der Waals surface area contributed by atoms with Crippen LogP contribution in [0.1, 0.15) is 23.6 Å². The van der Waals surface area contributed by atoms with E-state index in [0.717, 1.165) is 16.7 Å². The van der Waals surface area contributed by atoms with Crippen molar-refractivity contribution >= 4 is 64.0 Å². The molecule has 0 atom stereocenters. The molecular weight excluding hydrogens is 572 g/mol. The number of anilines is 1. The maximum atomic E-state index is 13.0. The number of nitrogens with zero attached hydrogens (tertiary/aromatic N) is 3. The summed E-state index contributed by atoms with van der Waals surface area (Å²) in [7, 11) is 0. The van der Waals surface area contributed by atoms with Crippen molar-refractivity contribution in [1.29, 1.82) is 0 Å². The highest BCUT2D eigenvalue weighted by molar-refractivity contribution is 6.54. The number of hydrogen-bond donors (Lipinski definition) is 0. The Morgan fingerprint density at radius 3 is 2.26 bits per heavy atom. The second-order valence-corrected chi connectivity index (χ2v) is 10.4. The lowest BCUT2D eigenvalue weighted by Crippen LogP contribution is -2.34. The van der Waals surface area contributed by atoms with Crippen LogP contribution in [-0.2, 0) is 16.1 Å². The molecule has 2 aromatic carbocycles. The van der Waals surface area contributed by atoms with Gasteiger partial charge in [0.15, 0.2) is 10.6 Å². The van der Waals surface area contributed by atoms with Crippen LogP contribution >= 0.6 is 46.4 Å². The molecular formula is C27H21Cl4N3O4. The van der Waals surface area contributed by atoms with Crippen LogP contribution in [0.3, 0.4) is 0 Å². The Kier molecular flexibility index (Phi) is 8.63. The van der Waals surface area contributed by atoms with E-state index in [2.05, 4.69) is 10.1 Å². The largest absolute Gasteiger partial charge is 0.426 e. The molecule has 4 rings (SSSR count). The van der Waals surface area contributed by atoms with Crippen LogP contribution in [0.4, 0.5) is 5.69 Å². The van der Waals surface area contributed by atoms with Crippen LogP contribution in [0.15, 0.2) is 59.3 Å². The third-order valence-corrected chi connectivity index (χ3v) is 6.60. The summed E-state index contributed by atoms with van der Waals surface area (Å²) in [6.07, 6.45) is 1.54. The molecule has 11 heteroatoms. The zero-order chi connectivity index (χ0) is 27.6. The molecule has 196 valence electrons. The first kappa shape index (κ1) is 27.9. The molecule has 0 bridgehead atoms. The number of aromatic nitrogens is 2. The molecule has 1 amide bonds. The molecule has 2 aromatic heterocycles. The van der Waals surface area contributed by atoms with Gasteiger partial charge in [0.2, 0.25) is 0 Å². The van der Waals surface area contributed by atoms with Crippen LogP contribution < -0.4 is 9.64 Å². The fourth-order valence-corrected chi connectivity index (χ4v) is 4.84. The van der Waals surface area contributed by atoms with Crippen molar-refractivity contribution in [3.8, 4) is 28.5 Å². The van der Waals surface area contributed by atoms with Crippen molar-refractivity contribution in [3.63, 3.8) is 0 Å².